The van der Waals surface area contributed by atoms with E-state index >= 15 is 0 Å². The van der Waals surface area contributed by atoms with Crippen molar-refractivity contribution >= 4 is 17.5 Å². The second-order valence-corrected chi connectivity index (χ2v) is 9.91. The first-order chi connectivity index (χ1) is 16.5. The summed E-state index contributed by atoms with van der Waals surface area (Å²) in [5, 5.41) is 3.54. The zero-order valence-corrected chi connectivity index (χ0v) is 21.6. The molecule has 1 aromatic carbocycles. The summed E-state index contributed by atoms with van der Waals surface area (Å²) in [6.07, 6.45) is 9.04. The Hall–Kier alpha value is -1.79. The summed E-state index contributed by atoms with van der Waals surface area (Å²) in [7, 11) is 0. The molecule has 190 valence electrons. The average molecular weight is 494 g/mol. The number of halogens is 2. The van der Waals surface area contributed by atoms with Crippen molar-refractivity contribution in [2.45, 2.75) is 77.8 Å². The van der Waals surface area contributed by atoms with Crippen LogP contribution in [0.15, 0.2) is 29.4 Å². The topological polar surface area (TPSA) is 44.8 Å². The summed E-state index contributed by atoms with van der Waals surface area (Å²) in [5.41, 5.74) is 3.22. The van der Waals surface area contributed by atoms with Gasteiger partial charge in [0.15, 0.2) is 0 Å². The van der Waals surface area contributed by atoms with Crippen LogP contribution in [0.4, 0.5) is 4.39 Å². The Morgan fingerprint density at radius 1 is 1.26 bits per heavy atom. The highest BCUT2D eigenvalue weighted by molar-refractivity contribution is 6.25. The number of piperidine rings is 1. The molecular formula is C27H41ClFN3O2. The van der Waals surface area contributed by atoms with Crippen LogP contribution in [0, 0.1) is 11.7 Å². The van der Waals surface area contributed by atoms with Gasteiger partial charge in [-0.15, -0.1) is 0 Å². The lowest BCUT2D eigenvalue weighted by atomic mass is 9.92. The average Bonchev–Trinajstić information content (AvgIpc) is 3.39. The molecule has 0 bridgehead atoms. The van der Waals surface area contributed by atoms with E-state index in [-0.39, 0.29) is 18.1 Å². The standard InChI is InChI=1S/C27H41ClFN3O2/c1-3-7-24(20-28)30-21(2)31-15-11-22(12-16-31)8-6-17-34-25-10-9-23(26(29)19-25)18-27(33)32-13-4-5-14-32/h9-10,19-22,30H,3-8,11-18H2,1-2H3/b24-20-. The van der Waals surface area contributed by atoms with Crippen LogP contribution < -0.4 is 10.1 Å². The van der Waals surface area contributed by atoms with Gasteiger partial charge in [0.05, 0.1) is 19.2 Å². The fourth-order valence-corrected chi connectivity index (χ4v) is 5.15. The van der Waals surface area contributed by atoms with Crippen LogP contribution in [0.25, 0.3) is 0 Å². The SMILES string of the molecule is CCC/C(=C/Cl)NC(C)N1CCC(CCCOc2ccc(CC(=O)N3CCCC3)c(F)c2)CC1. The van der Waals surface area contributed by atoms with Gasteiger partial charge in [0.1, 0.15) is 11.6 Å². The molecule has 2 fully saturated rings. The molecule has 1 N–H and O–H groups in total. The molecule has 5 nitrogen and oxygen atoms in total. The van der Waals surface area contributed by atoms with Crippen LogP contribution in [-0.4, -0.2) is 54.7 Å². The molecule has 0 aliphatic carbocycles. The maximum absolute atomic E-state index is 14.5. The zero-order valence-electron chi connectivity index (χ0n) is 20.8. The summed E-state index contributed by atoms with van der Waals surface area (Å²) in [6, 6.07) is 4.89. The number of hydrogen-bond acceptors (Lipinski definition) is 4. The van der Waals surface area contributed by atoms with E-state index in [1.54, 1.807) is 17.7 Å². The number of likely N-dealkylation sites (tertiary alicyclic amines) is 2. The van der Waals surface area contributed by atoms with Crippen molar-refractivity contribution in [3.63, 3.8) is 0 Å². The van der Waals surface area contributed by atoms with Gasteiger partial charge in [-0.1, -0.05) is 31.0 Å². The van der Waals surface area contributed by atoms with Crippen LogP contribution in [0.5, 0.6) is 5.75 Å². The number of carbonyl (C=O) groups is 1. The predicted octanol–water partition coefficient (Wildman–Crippen LogP) is 5.68. The molecule has 7 heteroatoms. The van der Waals surface area contributed by atoms with Gasteiger partial charge < -0.3 is 15.0 Å². The van der Waals surface area contributed by atoms with E-state index in [0.717, 1.165) is 70.4 Å². The number of benzene rings is 1. The van der Waals surface area contributed by atoms with Gasteiger partial charge in [0.25, 0.3) is 0 Å². The first-order valence-electron chi connectivity index (χ1n) is 13.0. The lowest BCUT2D eigenvalue weighted by Gasteiger charge is -2.37. The highest BCUT2D eigenvalue weighted by atomic mass is 35.5. The summed E-state index contributed by atoms with van der Waals surface area (Å²) in [5.74, 6) is 0.908. The van der Waals surface area contributed by atoms with Crippen molar-refractivity contribution in [1.82, 2.24) is 15.1 Å². The highest BCUT2D eigenvalue weighted by Crippen LogP contribution is 2.24. The van der Waals surface area contributed by atoms with Gasteiger partial charge in [-0.3, -0.25) is 9.69 Å². The normalized spacial score (nSPS) is 18.8. The van der Waals surface area contributed by atoms with E-state index in [0.29, 0.717) is 30.0 Å². The second-order valence-electron chi connectivity index (χ2n) is 9.69. The molecular weight excluding hydrogens is 453 g/mol. The van der Waals surface area contributed by atoms with Crippen molar-refractivity contribution in [2.24, 2.45) is 5.92 Å². The number of hydrogen-bond donors (Lipinski definition) is 1. The number of nitrogens with zero attached hydrogens (tertiary/aromatic N) is 2. The number of rotatable bonds is 12. The molecule has 1 unspecified atom stereocenters. The Kier molecular flexibility index (Phi) is 11.0. The van der Waals surface area contributed by atoms with Crippen LogP contribution in [0.3, 0.4) is 0 Å². The molecule has 1 atom stereocenters. The van der Waals surface area contributed by atoms with E-state index in [9.17, 15) is 9.18 Å². The van der Waals surface area contributed by atoms with Gasteiger partial charge in [0, 0.05) is 43.5 Å². The minimum atomic E-state index is -0.355. The Morgan fingerprint density at radius 3 is 2.65 bits per heavy atom. The molecule has 0 saturated carbocycles. The van der Waals surface area contributed by atoms with Crippen molar-refractivity contribution in [3.8, 4) is 5.75 Å². The number of ether oxygens (including phenoxy) is 1. The fourth-order valence-electron chi connectivity index (χ4n) is 4.98. The molecule has 1 amide bonds. The smallest absolute Gasteiger partial charge is 0.227 e. The van der Waals surface area contributed by atoms with Crippen molar-refractivity contribution in [2.75, 3.05) is 32.8 Å². The molecule has 3 rings (SSSR count). The zero-order chi connectivity index (χ0) is 24.3. The van der Waals surface area contributed by atoms with E-state index < -0.39 is 0 Å². The molecule has 2 aliphatic rings. The highest BCUT2D eigenvalue weighted by Gasteiger charge is 2.23. The molecule has 1 aromatic rings. The third-order valence-corrected chi connectivity index (χ3v) is 7.36. The lowest BCUT2D eigenvalue weighted by Crippen LogP contribution is -2.47. The van der Waals surface area contributed by atoms with E-state index in [2.05, 4.69) is 24.1 Å². The summed E-state index contributed by atoms with van der Waals surface area (Å²) in [6.45, 7) is 8.71. The predicted molar refractivity (Wildman–Crippen MR) is 136 cm³/mol. The minimum absolute atomic E-state index is 0.0122. The summed E-state index contributed by atoms with van der Waals surface area (Å²) >= 11 is 5.94. The van der Waals surface area contributed by atoms with Crippen molar-refractivity contribution in [1.29, 1.82) is 0 Å². The molecule has 2 saturated heterocycles. The third kappa shape index (κ3) is 8.16. The van der Waals surface area contributed by atoms with Crippen LogP contribution >= 0.6 is 11.6 Å². The van der Waals surface area contributed by atoms with Crippen molar-refractivity contribution < 1.29 is 13.9 Å². The molecule has 2 aliphatic heterocycles. The van der Waals surface area contributed by atoms with Crippen LogP contribution in [0.1, 0.15) is 70.8 Å². The Labute approximate surface area is 209 Å². The first kappa shape index (κ1) is 26.8. The second kappa shape index (κ2) is 13.9. The molecule has 34 heavy (non-hydrogen) atoms. The first-order valence-corrected chi connectivity index (χ1v) is 13.4. The molecule has 0 radical (unpaired) electrons. The van der Waals surface area contributed by atoms with Gasteiger partial charge in [-0.2, -0.15) is 0 Å². The number of carbonyl (C=O) groups excluding carboxylic acids is 1. The fraction of sp³-hybridized carbons (Fsp3) is 0.667. The maximum Gasteiger partial charge on any atom is 0.227 e. The largest absolute Gasteiger partial charge is 0.493 e. The van der Waals surface area contributed by atoms with Gasteiger partial charge in [0.2, 0.25) is 5.91 Å². The van der Waals surface area contributed by atoms with Gasteiger partial charge in [-0.05, 0) is 69.4 Å². The number of amides is 1. The van der Waals surface area contributed by atoms with Gasteiger partial charge >= 0.3 is 0 Å². The summed E-state index contributed by atoms with van der Waals surface area (Å²) in [4.78, 5) is 16.6. The molecule has 0 aromatic heterocycles. The maximum atomic E-state index is 14.5. The monoisotopic (exact) mass is 493 g/mol. The van der Waals surface area contributed by atoms with E-state index in [4.69, 9.17) is 16.3 Å². The molecule has 0 spiro atoms. The number of allylic oxidation sites excluding steroid dienone is 1. The van der Waals surface area contributed by atoms with E-state index in [1.165, 1.54) is 18.9 Å². The van der Waals surface area contributed by atoms with Gasteiger partial charge in [-0.25, -0.2) is 4.39 Å². The Morgan fingerprint density at radius 2 is 2.00 bits per heavy atom. The minimum Gasteiger partial charge on any atom is -0.493 e. The molecule has 2 heterocycles. The summed E-state index contributed by atoms with van der Waals surface area (Å²) < 4.78 is 20.3. The number of nitrogens with one attached hydrogen (secondary N) is 1. The lowest BCUT2D eigenvalue weighted by molar-refractivity contribution is -0.129. The van der Waals surface area contributed by atoms with Crippen molar-refractivity contribution in [3.05, 3.63) is 40.8 Å². The third-order valence-electron chi connectivity index (χ3n) is 7.09. The quantitative estimate of drug-likeness (QED) is 0.380. The van der Waals surface area contributed by atoms with Crippen LogP contribution in [0.2, 0.25) is 0 Å². The van der Waals surface area contributed by atoms with E-state index in [1.807, 2.05) is 4.90 Å². The Bertz CT molecular complexity index is 805. The van der Waals surface area contributed by atoms with Crippen LogP contribution in [-0.2, 0) is 11.2 Å². The Balaban J connectivity index is 1.33.